The van der Waals surface area contributed by atoms with Gasteiger partial charge < -0.3 is 4.98 Å². The van der Waals surface area contributed by atoms with Crippen molar-refractivity contribution >= 4 is 64.8 Å². The first kappa shape index (κ1) is 12.6. The molecule has 2 heterocycles. The van der Waals surface area contributed by atoms with Crippen LogP contribution in [0.2, 0.25) is 0 Å². The molecule has 0 aliphatic carbocycles. The van der Waals surface area contributed by atoms with Crippen LogP contribution in [-0.4, -0.2) is 4.98 Å². The van der Waals surface area contributed by atoms with Crippen molar-refractivity contribution in [3.8, 4) is 0 Å². The molecule has 112 valence electrons. The Morgan fingerprint density at radius 1 is 0.667 bits per heavy atom. The predicted molar refractivity (Wildman–Crippen MR) is 106 cm³/mol. The highest BCUT2D eigenvalue weighted by atomic mass is 32.1. The lowest BCUT2D eigenvalue weighted by Crippen LogP contribution is -1.80. The average molecular weight is 323 g/mol. The summed E-state index contributed by atoms with van der Waals surface area (Å²) in [5.41, 5.74) is 2.47. The van der Waals surface area contributed by atoms with E-state index in [4.69, 9.17) is 0 Å². The summed E-state index contributed by atoms with van der Waals surface area (Å²) in [6.07, 6.45) is 0. The molecule has 2 heteroatoms. The van der Waals surface area contributed by atoms with Crippen LogP contribution in [-0.2, 0) is 0 Å². The quantitative estimate of drug-likeness (QED) is 0.294. The Kier molecular flexibility index (Phi) is 2.29. The van der Waals surface area contributed by atoms with Gasteiger partial charge in [-0.1, -0.05) is 48.5 Å². The van der Waals surface area contributed by atoms with Gasteiger partial charge in [0.15, 0.2) is 0 Å². The van der Waals surface area contributed by atoms with E-state index >= 15 is 0 Å². The van der Waals surface area contributed by atoms with Crippen molar-refractivity contribution in [3.05, 3.63) is 72.1 Å². The molecule has 0 saturated heterocycles. The van der Waals surface area contributed by atoms with Crippen molar-refractivity contribution in [2.24, 2.45) is 0 Å². The molecule has 0 unspecified atom stereocenters. The first-order valence-electron chi connectivity index (χ1n) is 8.12. The van der Waals surface area contributed by atoms with E-state index < -0.39 is 0 Å². The van der Waals surface area contributed by atoms with Crippen molar-refractivity contribution in [1.29, 1.82) is 0 Å². The lowest BCUT2D eigenvalue weighted by Gasteiger charge is -2.07. The van der Waals surface area contributed by atoms with Crippen molar-refractivity contribution in [2.45, 2.75) is 0 Å². The van der Waals surface area contributed by atoms with Crippen molar-refractivity contribution in [1.82, 2.24) is 4.98 Å². The molecule has 0 spiro atoms. The van der Waals surface area contributed by atoms with Gasteiger partial charge in [0.1, 0.15) is 0 Å². The van der Waals surface area contributed by atoms with Crippen LogP contribution >= 0.6 is 11.3 Å². The van der Waals surface area contributed by atoms with Crippen molar-refractivity contribution < 1.29 is 0 Å². The zero-order valence-electron chi connectivity index (χ0n) is 12.8. The number of aromatic amines is 1. The highest BCUT2D eigenvalue weighted by Gasteiger charge is 2.13. The number of rotatable bonds is 0. The number of H-pyrrole nitrogens is 1. The number of thiophene rings is 1. The number of hydrogen-bond donors (Lipinski definition) is 1. The summed E-state index contributed by atoms with van der Waals surface area (Å²) < 4.78 is 1.34. The minimum atomic E-state index is 1.22. The number of aromatic nitrogens is 1. The van der Waals surface area contributed by atoms with E-state index in [1.54, 1.807) is 11.3 Å². The van der Waals surface area contributed by atoms with Crippen LogP contribution in [0.25, 0.3) is 53.4 Å². The molecular weight excluding hydrogens is 310 g/mol. The standard InChI is InChI=1S/C22H13NS/c1-3-7-16-14(5-1)15-6-2-4-8-17(15)22-21(16)18-11-13-9-10-24-20(13)12-19(18)23-22/h1-12,23H. The molecule has 4 aromatic carbocycles. The van der Waals surface area contributed by atoms with Crippen molar-refractivity contribution in [2.75, 3.05) is 0 Å². The summed E-state index contributed by atoms with van der Waals surface area (Å²) in [6.45, 7) is 0. The third kappa shape index (κ3) is 1.49. The molecule has 0 saturated carbocycles. The lowest BCUT2D eigenvalue weighted by atomic mass is 9.97. The lowest BCUT2D eigenvalue weighted by molar-refractivity contribution is 1.58. The Bertz CT molecular complexity index is 1400. The number of benzene rings is 4. The maximum Gasteiger partial charge on any atom is 0.0551 e. The molecular formula is C22H13NS. The second-order valence-electron chi connectivity index (χ2n) is 6.32. The van der Waals surface area contributed by atoms with Crippen LogP contribution in [0.5, 0.6) is 0 Å². The zero-order chi connectivity index (χ0) is 15.7. The molecule has 0 fully saturated rings. The van der Waals surface area contributed by atoms with Gasteiger partial charge in [-0.05, 0) is 45.1 Å². The van der Waals surface area contributed by atoms with Gasteiger partial charge in [0, 0.05) is 26.4 Å². The monoisotopic (exact) mass is 323 g/mol. The van der Waals surface area contributed by atoms with Gasteiger partial charge in [-0.15, -0.1) is 11.3 Å². The van der Waals surface area contributed by atoms with E-state index in [1.165, 1.54) is 53.4 Å². The summed E-state index contributed by atoms with van der Waals surface area (Å²) >= 11 is 1.80. The van der Waals surface area contributed by atoms with Gasteiger partial charge >= 0.3 is 0 Å². The molecule has 0 bridgehead atoms. The molecule has 24 heavy (non-hydrogen) atoms. The maximum atomic E-state index is 3.70. The van der Waals surface area contributed by atoms with Crippen LogP contribution in [0.1, 0.15) is 0 Å². The van der Waals surface area contributed by atoms with Gasteiger partial charge in [-0.3, -0.25) is 0 Å². The van der Waals surface area contributed by atoms with Crippen LogP contribution < -0.4 is 0 Å². The third-order valence-corrected chi connectivity index (χ3v) is 5.93. The second kappa shape index (κ2) is 4.37. The Balaban J connectivity index is 2.01. The topological polar surface area (TPSA) is 15.8 Å². The van der Waals surface area contributed by atoms with Gasteiger partial charge in [0.2, 0.25) is 0 Å². The first-order valence-corrected chi connectivity index (χ1v) is 9.00. The molecule has 6 rings (SSSR count). The SMILES string of the molecule is c1ccc2c(c1)c1ccccc1c1c3cc4ccsc4cc3[nH]c21. The summed E-state index contributed by atoms with van der Waals surface area (Å²) in [7, 11) is 0. The summed E-state index contributed by atoms with van der Waals surface area (Å²) in [5, 5.41) is 11.4. The van der Waals surface area contributed by atoms with E-state index in [-0.39, 0.29) is 0 Å². The summed E-state index contributed by atoms with van der Waals surface area (Å²) in [6, 6.07) is 24.3. The normalized spacial score (nSPS) is 12.2. The molecule has 0 atom stereocenters. The molecule has 0 radical (unpaired) electrons. The number of fused-ring (bicyclic) bond motifs is 9. The highest BCUT2D eigenvalue weighted by Crippen LogP contribution is 2.40. The van der Waals surface area contributed by atoms with E-state index in [2.05, 4.69) is 77.1 Å². The van der Waals surface area contributed by atoms with Gasteiger partial charge in [-0.25, -0.2) is 0 Å². The largest absolute Gasteiger partial charge is 0.354 e. The Hall–Kier alpha value is -2.84. The van der Waals surface area contributed by atoms with Gasteiger partial charge in [-0.2, -0.15) is 0 Å². The molecule has 0 amide bonds. The first-order chi connectivity index (χ1) is 11.9. The molecule has 0 aliphatic heterocycles. The Morgan fingerprint density at radius 3 is 2.21 bits per heavy atom. The Labute approximate surface area is 142 Å². The second-order valence-corrected chi connectivity index (χ2v) is 7.27. The molecule has 0 aliphatic rings. The fourth-order valence-corrected chi connectivity index (χ4v) is 4.82. The van der Waals surface area contributed by atoms with Crippen LogP contribution in [0.15, 0.2) is 72.1 Å². The summed E-state index contributed by atoms with van der Waals surface area (Å²) in [5.74, 6) is 0. The molecule has 1 N–H and O–H groups in total. The van der Waals surface area contributed by atoms with Crippen LogP contribution in [0.4, 0.5) is 0 Å². The summed E-state index contributed by atoms with van der Waals surface area (Å²) in [4.78, 5) is 3.70. The van der Waals surface area contributed by atoms with Gasteiger partial charge in [0.25, 0.3) is 0 Å². The van der Waals surface area contributed by atoms with E-state index in [0.717, 1.165) is 0 Å². The van der Waals surface area contributed by atoms with Crippen LogP contribution in [0, 0.1) is 0 Å². The smallest absolute Gasteiger partial charge is 0.0551 e. The minimum absolute atomic E-state index is 1.22. The number of hydrogen-bond acceptors (Lipinski definition) is 1. The average Bonchev–Trinajstić information content (AvgIpc) is 3.23. The minimum Gasteiger partial charge on any atom is -0.354 e. The fourth-order valence-electron chi connectivity index (χ4n) is 4.01. The maximum absolute atomic E-state index is 3.70. The van der Waals surface area contributed by atoms with Gasteiger partial charge in [0.05, 0.1) is 5.52 Å². The van der Waals surface area contributed by atoms with E-state index in [9.17, 15) is 0 Å². The third-order valence-electron chi connectivity index (χ3n) is 5.05. The molecule has 6 aromatic rings. The number of nitrogens with one attached hydrogen (secondary N) is 1. The zero-order valence-corrected chi connectivity index (χ0v) is 13.7. The fraction of sp³-hybridized carbons (Fsp3) is 0. The van der Waals surface area contributed by atoms with E-state index in [0.29, 0.717) is 0 Å². The molecule has 1 nitrogen and oxygen atoms in total. The highest BCUT2D eigenvalue weighted by molar-refractivity contribution is 7.17. The van der Waals surface area contributed by atoms with E-state index in [1.807, 2.05) is 0 Å². The Morgan fingerprint density at radius 2 is 1.38 bits per heavy atom. The van der Waals surface area contributed by atoms with Crippen LogP contribution in [0.3, 0.4) is 0 Å². The molecule has 2 aromatic heterocycles. The van der Waals surface area contributed by atoms with Crippen molar-refractivity contribution in [3.63, 3.8) is 0 Å². The predicted octanol–water partition coefficient (Wildman–Crippen LogP) is 6.84.